The third-order valence-corrected chi connectivity index (χ3v) is 11.1. The molecule has 0 spiro atoms. The molecule has 13 nitrogen and oxygen atoms in total. The summed E-state index contributed by atoms with van der Waals surface area (Å²) in [5.41, 5.74) is 5.15. The number of piperazine rings is 1. The number of pyridine rings is 2. The van der Waals surface area contributed by atoms with Crippen molar-refractivity contribution in [1.82, 2.24) is 14.9 Å². The van der Waals surface area contributed by atoms with Gasteiger partial charge in [-0.1, -0.05) is 0 Å². The van der Waals surface area contributed by atoms with Crippen LogP contribution in [-0.4, -0.2) is 99.5 Å². The molecule has 67 heavy (non-hydrogen) atoms. The van der Waals surface area contributed by atoms with E-state index in [4.69, 9.17) is 14.2 Å². The van der Waals surface area contributed by atoms with Crippen LogP contribution in [0.5, 0.6) is 23.0 Å². The summed E-state index contributed by atoms with van der Waals surface area (Å²) < 4.78 is 43.2. The van der Waals surface area contributed by atoms with Gasteiger partial charge < -0.3 is 49.3 Å². The Bertz CT molecular complexity index is 2530. The molecule has 1 amide bonds. The molecule has 2 fully saturated rings. The van der Waals surface area contributed by atoms with Gasteiger partial charge in [-0.25, -0.2) is 23.5 Å². The molecule has 0 bridgehead atoms. The van der Waals surface area contributed by atoms with Crippen molar-refractivity contribution in [3.63, 3.8) is 0 Å². The van der Waals surface area contributed by atoms with E-state index in [0.29, 0.717) is 66.3 Å². The standard InChI is InChI=1S/C28H32FN3O5.C24H25FN2O3/c1-28(2,3)37-27(35)32-14-12-31(13-15-32)21-16-24(30-25(17-21)26(34)18-33)19-4-8-22(9-5-19)36-23-10-6-20(29)7-11-23;25-18-6-10-21(11-7-18)30-20-8-4-17(5-9-20)22-14-19(27-12-2-1-3-13-27)15-23(26-22)24(29)16-28/h4-11,16-17,26,33-34H,12-15,18H2,1-3H3;4-11,14-15,24,28-29H,1-3,12-13,16H2/t26-;24-/m00/s1. The fraction of sp³-hybridized carbons (Fsp3) is 0.327. The number of piperidine rings is 1. The van der Waals surface area contributed by atoms with Crippen molar-refractivity contribution in [3.05, 3.63) is 144 Å². The normalized spacial score (nSPS) is 15.0. The number of hydrogen-bond acceptors (Lipinski definition) is 12. The maximum atomic E-state index is 13.1. The number of halogens is 2. The number of aliphatic hydroxyl groups is 4. The quantitative estimate of drug-likeness (QED) is 0.0922. The van der Waals surface area contributed by atoms with Crippen LogP contribution >= 0.6 is 0 Å². The highest BCUT2D eigenvalue weighted by Crippen LogP contribution is 2.33. The Hall–Kier alpha value is -6.65. The van der Waals surface area contributed by atoms with Crippen LogP contribution in [0, 0.1) is 11.6 Å². The number of anilines is 2. The lowest BCUT2D eigenvalue weighted by atomic mass is 10.1. The van der Waals surface area contributed by atoms with Crippen LogP contribution in [0.4, 0.5) is 25.0 Å². The van der Waals surface area contributed by atoms with Gasteiger partial charge in [0.05, 0.1) is 36.0 Å². The van der Waals surface area contributed by atoms with Gasteiger partial charge in [0.2, 0.25) is 0 Å². The molecule has 2 saturated heterocycles. The SMILES string of the molecule is CC(C)(C)OC(=O)N1CCN(c2cc(-c3ccc(Oc4ccc(F)cc4)cc3)nc([C@@H](O)CO)c2)CC1.OC[C@H](O)c1cc(N2CCCCC2)cc(-c2ccc(Oc3ccc(F)cc3)cc2)n1. The van der Waals surface area contributed by atoms with E-state index in [1.165, 1.54) is 30.7 Å². The number of carbonyl (C=O) groups excluding carboxylic acids is 1. The molecule has 2 aromatic heterocycles. The largest absolute Gasteiger partial charge is 0.457 e. The molecule has 2 atom stereocenters. The summed E-state index contributed by atoms with van der Waals surface area (Å²) in [6.07, 6.45) is 1.05. The van der Waals surface area contributed by atoms with Gasteiger partial charge in [0.1, 0.15) is 52.4 Å². The third-order valence-electron chi connectivity index (χ3n) is 11.1. The van der Waals surface area contributed by atoms with Crippen molar-refractivity contribution < 1.29 is 48.2 Å². The smallest absolute Gasteiger partial charge is 0.410 e. The van der Waals surface area contributed by atoms with Crippen LogP contribution in [-0.2, 0) is 4.74 Å². The van der Waals surface area contributed by atoms with E-state index in [-0.39, 0.29) is 24.3 Å². The number of aliphatic hydroxyl groups excluding tert-OH is 4. The molecule has 8 rings (SSSR count). The number of aromatic nitrogens is 2. The van der Waals surface area contributed by atoms with E-state index < -0.39 is 24.4 Å². The summed E-state index contributed by atoms with van der Waals surface area (Å²) in [4.78, 5) is 27.7. The lowest BCUT2D eigenvalue weighted by molar-refractivity contribution is 0.0240. The fourth-order valence-electron chi connectivity index (χ4n) is 7.55. The Labute approximate surface area is 389 Å². The zero-order valence-corrected chi connectivity index (χ0v) is 37.9. The molecule has 0 aliphatic carbocycles. The van der Waals surface area contributed by atoms with Crippen LogP contribution in [0.15, 0.2) is 121 Å². The molecular weight excluding hydrogens is 861 g/mol. The fourth-order valence-corrected chi connectivity index (χ4v) is 7.55. The van der Waals surface area contributed by atoms with Gasteiger partial charge in [-0.15, -0.1) is 0 Å². The maximum absolute atomic E-state index is 13.1. The van der Waals surface area contributed by atoms with Gasteiger partial charge >= 0.3 is 6.09 Å². The molecule has 352 valence electrons. The molecule has 0 saturated carbocycles. The monoisotopic (exact) mass is 917 g/mol. The number of nitrogens with zero attached hydrogens (tertiary/aromatic N) is 5. The van der Waals surface area contributed by atoms with Gasteiger partial charge in [-0.05, 0) is 161 Å². The molecule has 4 aromatic carbocycles. The Morgan fingerprint density at radius 3 is 1.31 bits per heavy atom. The molecule has 15 heteroatoms. The molecule has 0 unspecified atom stereocenters. The minimum Gasteiger partial charge on any atom is -0.457 e. The van der Waals surface area contributed by atoms with Crippen molar-refractivity contribution >= 4 is 17.5 Å². The number of ether oxygens (including phenoxy) is 3. The second kappa shape index (κ2) is 22.2. The number of carbonyl (C=O) groups is 1. The lowest BCUT2D eigenvalue weighted by Crippen LogP contribution is -2.50. The maximum Gasteiger partial charge on any atom is 0.410 e. The Morgan fingerprint density at radius 1 is 0.567 bits per heavy atom. The first-order chi connectivity index (χ1) is 32.2. The van der Waals surface area contributed by atoms with Crippen LogP contribution in [0.2, 0.25) is 0 Å². The second-order valence-corrected chi connectivity index (χ2v) is 17.3. The average molecular weight is 918 g/mol. The predicted octanol–water partition coefficient (Wildman–Crippen LogP) is 9.46. The first kappa shape index (κ1) is 48.3. The summed E-state index contributed by atoms with van der Waals surface area (Å²) in [5.74, 6) is 1.66. The Kier molecular flexibility index (Phi) is 16.0. The van der Waals surface area contributed by atoms with Gasteiger partial charge in [-0.2, -0.15) is 0 Å². The van der Waals surface area contributed by atoms with E-state index >= 15 is 0 Å². The van der Waals surface area contributed by atoms with E-state index in [0.717, 1.165) is 54.1 Å². The van der Waals surface area contributed by atoms with Crippen LogP contribution < -0.4 is 19.3 Å². The van der Waals surface area contributed by atoms with E-state index in [2.05, 4.69) is 19.8 Å². The zero-order chi connectivity index (χ0) is 47.5. The third kappa shape index (κ3) is 13.5. The van der Waals surface area contributed by atoms with Crippen LogP contribution in [0.1, 0.15) is 63.6 Å². The van der Waals surface area contributed by atoms with Gasteiger partial charge in [-0.3, -0.25) is 0 Å². The average Bonchev–Trinajstić information content (AvgIpc) is 3.35. The summed E-state index contributed by atoms with van der Waals surface area (Å²) in [6.45, 7) is 8.82. The Morgan fingerprint density at radius 2 is 0.940 bits per heavy atom. The van der Waals surface area contributed by atoms with Crippen molar-refractivity contribution in [2.45, 2.75) is 57.8 Å². The predicted molar refractivity (Wildman–Crippen MR) is 252 cm³/mol. The highest BCUT2D eigenvalue weighted by molar-refractivity contribution is 5.70. The summed E-state index contributed by atoms with van der Waals surface area (Å²) >= 11 is 0. The van der Waals surface area contributed by atoms with Crippen LogP contribution in [0.25, 0.3) is 22.5 Å². The zero-order valence-electron chi connectivity index (χ0n) is 37.9. The minimum absolute atomic E-state index is 0.307. The highest BCUT2D eigenvalue weighted by Gasteiger charge is 2.27. The number of benzene rings is 4. The lowest BCUT2D eigenvalue weighted by Gasteiger charge is -2.37. The second-order valence-electron chi connectivity index (χ2n) is 17.3. The summed E-state index contributed by atoms with van der Waals surface area (Å²) in [6, 6.07) is 33.9. The Balaban J connectivity index is 0.000000203. The summed E-state index contributed by atoms with van der Waals surface area (Å²) in [7, 11) is 0. The number of hydrogen-bond donors (Lipinski definition) is 4. The topological polar surface area (TPSA) is 161 Å². The van der Waals surface area contributed by atoms with Crippen molar-refractivity contribution in [2.75, 3.05) is 62.3 Å². The molecular formula is C52H57F2N5O8. The van der Waals surface area contributed by atoms with Crippen molar-refractivity contribution in [3.8, 4) is 45.5 Å². The van der Waals surface area contributed by atoms with Gasteiger partial charge in [0.25, 0.3) is 0 Å². The van der Waals surface area contributed by atoms with E-state index in [1.54, 1.807) is 47.4 Å². The first-order valence-electron chi connectivity index (χ1n) is 22.4. The molecule has 2 aliphatic heterocycles. The van der Waals surface area contributed by atoms with Gasteiger partial charge in [0, 0.05) is 61.8 Å². The van der Waals surface area contributed by atoms with E-state index in [1.807, 2.05) is 75.4 Å². The summed E-state index contributed by atoms with van der Waals surface area (Å²) in [5, 5.41) is 39.4. The van der Waals surface area contributed by atoms with Crippen LogP contribution in [0.3, 0.4) is 0 Å². The van der Waals surface area contributed by atoms with Crippen molar-refractivity contribution in [2.24, 2.45) is 0 Å². The van der Waals surface area contributed by atoms with Crippen molar-refractivity contribution in [1.29, 1.82) is 0 Å². The molecule has 4 heterocycles. The number of amides is 1. The molecule has 0 radical (unpaired) electrons. The number of rotatable bonds is 12. The molecule has 4 N–H and O–H groups in total. The highest BCUT2D eigenvalue weighted by atomic mass is 19.1. The molecule has 2 aliphatic rings. The minimum atomic E-state index is -1.12. The van der Waals surface area contributed by atoms with E-state index in [9.17, 15) is 34.0 Å². The first-order valence-corrected chi connectivity index (χ1v) is 22.4. The van der Waals surface area contributed by atoms with Gasteiger partial charge in [0.15, 0.2) is 0 Å². The molecule has 6 aromatic rings.